The van der Waals surface area contributed by atoms with Crippen LogP contribution in [0, 0.1) is 19.9 Å². The minimum Gasteiger partial charge on any atom is -0.507 e. The van der Waals surface area contributed by atoms with Crippen LogP contribution in [-0.2, 0) is 0 Å². The third kappa shape index (κ3) is 13.3. The predicted molar refractivity (Wildman–Crippen MR) is 591 cm³/mol. The topological polar surface area (TPSA) is 191 Å². The summed E-state index contributed by atoms with van der Waals surface area (Å²) in [4.78, 5) is 41.0. The van der Waals surface area contributed by atoms with Gasteiger partial charge in [0.25, 0.3) is 0 Å². The number of para-hydroxylation sites is 22. The van der Waals surface area contributed by atoms with Crippen LogP contribution in [0.3, 0.4) is 0 Å². The van der Waals surface area contributed by atoms with Crippen LogP contribution in [0.5, 0.6) is 5.75 Å². The van der Waals surface area contributed by atoms with Crippen LogP contribution in [0.4, 0.5) is 4.39 Å². The molecule has 0 spiro atoms. The maximum Gasteiger partial charge on any atom is 0.223 e. The molecule has 0 unspecified atom stereocenters. The fraction of sp³-hybridized carbons (Fsp3) is 0.00855. The number of imidazole rings is 8. The van der Waals surface area contributed by atoms with Crippen LogP contribution in [0.2, 0.25) is 0 Å². The van der Waals surface area contributed by atoms with Crippen LogP contribution in [0.25, 0.3) is 234 Å². The van der Waals surface area contributed by atoms with Crippen LogP contribution in [0.1, 0.15) is 5.56 Å². The van der Waals surface area contributed by atoms with Gasteiger partial charge >= 0.3 is 0 Å². The zero-order chi connectivity index (χ0) is 95.1. The number of aryl methyl sites for hydroxylation is 1. The third-order valence-electron chi connectivity index (χ3n) is 26.9. The molecular formula is C117H72BrFI2N20O2. The quantitative estimate of drug-likeness (QED) is 0.162. The van der Waals surface area contributed by atoms with Gasteiger partial charge in [-0.05, 0) is 295 Å². The molecule has 0 bridgehead atoms. The van der Waals surface area contributed by atoms with Gasteiger partial charge in [0.15, 0.2) is 0 Å². The second-order valence-corrected chi connectivity index (χ2v) is 38.7. The van der Waals surface area contributed by atoms with E-state index < -0.39 is 5.82 Å². The van der Waals surface area contributed by atoms with E-state index in [1.165, 1.54) is 15.2 Å². The Morgan fingerprint density at radius 3 is 0.881 bits per heavy atom. The van der Waals surface area contributed by atoms with Crippen LogP contribution in [-0.4, -0.2) is 98.5 Å². The summed E-state index contributed by atoms with van der Waals surface area (Å²) in [6, 6.07) is 138. The number of hydrogen-bond donors (Lipinski definition) is 1. The number of fused-ring (bicyclic) bond motifs is 39. The van der Waals surface area contributed by atoms with Crippen molar-refractivity contribution < 1.29 is 13.9 Å². The monoisotopic (exact) mass is 2140 g/mol. The summed E-state index contributed by atoms with van der Waals surface area (Å²) in [5.41, 5.74) is 31.2. The highest BCUT2D eigenvalue weighted by molar-refractivity contribution is 14.1. The smallest absolute Gasteiger partial charge is 0.223 e. The zero-order valence-corrected chi connectivity index (χ0v) is 81.5. The maximum absolute atomic E-state index is 15.3. The number of aromatic nitrogens is 20. The van der Waals surface area contributed by atoms with Crippen molar-refractivity contribution in [3.8, 4) is 39.6 Å². The van der Waals surface area contributed by atoms with Crippen molar-refractivity contribution in [3.05, 3.63) is 436 Å². The average molecular weight is 2140 g/mol. The van der Waals surface area contributed by atoms with Crippen LogP contribution in [0.15, 0.2) is 421 Å². The Bertz CT molecular complexity index is 10700. The van der Waals surface area contributed by atoms with Crippen molar-refractivity contribution >= 4 is 262 Å². The van der Waals surface area contributed by atoms with Gasteiger partial charge in [-0.3, -0.25) is 35.2 Å². The van der Waals surface area contributed by atoms with Gasteiger partial charge in [0, 0.05) is 33.5 Å². The molecule has 0 atom stereocenters. The molecule has 18 aromatic carbocycles. The number of furan rings is 1. The van der Waals surface area contributed by atoms with E-state index in [-0.39, 0.29) is 11.3 Å². The number of nitrogens with zero attached hydrogens (tertiary/aromatic N) is 20. The summed E-state index contributed by atoms with van der Waals surface area (Å²) >= 11 is 8.41. The number of aromatic hydroxyl groups is 1. The number of hydrogen-bond acceptors (Lipinski definition) is 10. The highest BCUT2D eigenvalue weighted by atomic mass is 127. The first-order valence-electron chi connectivity index (χ1n) is 46.5. The minimum atomic E-state index is -0.430. The molecule has 0 fully saturated rings. The Labute approximate surface area is 843 Å². The molecule has 26 heteroatoms. The first kappa shape index (κ1) is 83.5. The predicted octanol–water partition coefficient (Wildman–Crippen LogP) is 28.9. The fourth-order valence-corrected chi connectivity index (χ4v) is 22.0. The summed E-state index contributed by atoms with van der Waals surface area (Å²) in [7, 11) is 0. The van der Waals surface area contributed by atoms with E-state index in [1.54, 1.807) is 36.4 Å². The van der Waals surface area contributed by atoms with Gasteiger partial charge in [-0.1, -0.05) is 191 Å². The lowest BCUT2D eigenvalue weighted by molar-refractivity contribution is 0.476. The Morgan fingerprint density at radius 1 is 0.238 bits per heavy atom. The summed E-state index contributed by atoms with van der Waals surface area (Å²) in [5.74, 6) is 5.71. The third-order valence-corrected chi connectivity index (χ3v) is 28.7. The van der Waals surface area contributed by atoms with Gasteiger partial charge in [0.2, 0.25) is 46.2 Å². The highest BCUT2D eigenvalue weighted by Gasteiger charge is 2.27. The normalized spacial score (nSPS) is 12.0. The van der Waals surface area contributed by atoms with Crippen molar-refractivity contribution in [2.24, 2.45) is 0 Å². The molecule has 13 aromatic heterocycles. The molecule has 0 saturated heterocycles. The SMILES string of the molecule is Brc1cccc(-n2c3nc4ccccc4n3c3ccc(I)cc3n3c4ccccc4nc23)c1.Cc1ccc2oc3ccc(-n4c5nc6ccccc6n5c5ccccc5n5c6ccccc6nc45)cc3c2c1.Ic1ccc2c(c1)n1c3ccccc3nc1n(-c1ccccc1)c1nc3ccccc3n21.Oc1ccccc1-c1cc(-n2c3nc4ccccc4n3c3ccccc3n3c4ccccc4nc23)ccc1F. The van der Waals surface area contributed by atoms with E-state index in [2.05, 4.69) is 366 Å². The van der Waals surface area contributed by atoms with E-state index in [0.717, 1.165) is 214 Å². The molecule has 31 rings (SSSR count). The summed E-state index contributed by atoms with van der Waals surface area (Å²) < 4.78 is 51.0. The highest BCUT2D eigenvalue weighted by Crippen LogP contribution is 2.41. The standard InChI is InChI=1S/C33H21N5O.C32H20FN5O.C26H15BrIN5.C26H16IN5/c1-20-14-16-30-22(18-20)23-19-21(15-17-31(23)39-30)36-32-34-24-8-2-4-10-26(24)37(32)28-12-6-7-13-29(28)38-27-11-5-3-9-25(27)35-33(36)38;33-23-18-17-20(19-22(23)21-9-1-8-16-30(21)39)36-31-34-24-10-2-4-12-26(24)37(31)28-14-6-7-15-29(28)38-27-13-5-3-11-25(27)35-32(36)38;27-16-6-5-7-18(14-16)31-25-29-19-8-1-3-10-21(19)32(25)23-13-12-17(28)15-24(23)33-22-11-4-2-9-20(22)30-26(31)33;27-17-14-15-23-24(16-17)32-22-13-7-5-11-20(22)29-26(32)30(18-8-2-1-3-9-18)25-28-19-10-4-6-12-21(19)31(23)25/h2-19H,1H3;1-19,39H;1-15H;1-16H. The van der Waals surface area contributed by atoms with Crippen molar-refractivity contribution in [1.82, 2.24) is 93.3 Å². The lowest BCUT2D eigenvalue weighted by Gasteiger charge is -2.11. The molecule has 0 aliphatic heterocycles. The van der Waals surface area contributed by atoms with E-state index >= 15 is 4.39 Å². The molecule has 0 amide bonds. The number of rotatable bonds is 5. The van der Waals surface area contributed by atoms with E-state index in [4.69, 9.17) is 44.3 Å². The maximum atomic E-state index is 15.3. The Morgan fingerprint density at radius 2 is 0.517 bits per heavy atom. The van der Waals surface area contributed by atoms with E-state index in [1.807, 2.05) is 126 Å². The van der Waals surface area contributed by atoms with Crippen LogP contribution < -0.4 is 0 Å². The summed E-state index contributed by atoms with van der Waals surface area (Å²) in [5, 5.41) is 12.7. The first-order chi connectivity index (χ1) is 70.4. The number of halogens is 4. The van der Waals surface area contributed by atoms with Gasteiger partial charge in [0.05, 0.1) is 155 Å². The molecule has 0 saturated carbocycles. The number of phenols is 1. The fourth-order valence-electron chi connectivity index (χ4n) is 20.7. The second kappa shape index (κ2) is 33.0. The Kier molecular flexibility index (Phi) is 19.3. The molecule has 1 N–H and O–H groups in total. The van der Waals surface area contributed by atoms with Crippen molar-refractivity contribution in [1.29, 1.82) is 0 Å². The molecule has 0 aliphatic rings. The molecule has 13 heterocycles. The van der Waals surface area contributed by atoms with Gasteiger partial charge < -0.3 is 9.52 Å². The first-order valence-corrected chi connectivity index (χ1v) is 49.5. The lowest BCUT2D eigenvalue weighted by atomic mass is 10.0. The molecule has 22 nitrogen and oxygen atoms in total. The van der Waals surface area contributed by atoms with Crippen molar-refractivity contribution in [2.45, 2.75) is 6.92 Å². The molecule has 680 valence electrons. The lowest BCUT2D eigenvalue weighted by Crippen LogP contribution is -2.03. The molecular weight excluding hydrogens is 2070 g/mol. The molecule has 31 aromatic rings. The largest absolute Gasteiger partial charge is 0.507 e. The summed E-state index contributed by atoms with van der Waals surface area (Å²) in [6.45, 7) is 2.11. The van der Waals surface area contributed by atoms with E-state index in [9.17, 15) is 5.11 Å². The van der Waals surface area contributed by atoms with Crippen molar-refractivity contribution in [3.63, 3.8) is 0 Å². The molecule has 0 aliphatic carbocycles. The number of phenolic OH excluding ortho intramolecular Hbond substituents is 1. The van der Waals surface area contributed by atoms with Gasteiger partial charge in [-0.25, -0.2) is 62.5 Å². The minimum absolute atomic E-state index is 0.0105. The summed E-state index contributed by atoms with van der Waals surface area (Å²) in [6.07, 6.45) is 0. The van der Waals surface area contributed by atoms with Gasteiger partial charge in [-0.15, -0.1) is 0 Å². The second-order valence-electron chi connectivity index (χ2n) is 35.3. The van der Waals surface area contributed by atoms with E-state index in [0.29, 0.717) is 22.8 Å². The zero-order valence-electron chi connectivity index (χ0n) is 75.6. The van der Waals surface area contributed by atoms with Crippen LogP contribution >= 0.6 is 61.1 Å². The Hall–Kier alpha value is -17.6. The van der Waals surface area contributed by atoms with Gasteiger partial charge in [0.1, 0.15) is 22.7 Å². The molecule has 0 radical (unpaired) electrons. The van der Waals surface area contributed by atoms with Gasteiger partial charge in [-0.2, -0.15) is 0 Å². The average Bonchev–Trinajstić information content (AvgIpc) is 1.57. The number of benzene rings is 18. The Balaban J connectivity index is 0.0000000933. The van der Waals surface area contributed by atoms with Crippen molar-refractivity contribution in [2.75, 3.05) is 0 Å². The molecule has 143 heavy (non-hydrogen) atoms.